The third kappa shape index (κ3) is 10.0. The maximum atomic E-state index is 12.6. The third-order valence-corrected chi connectivity index (χ3v) is 5.39. The van der Waals surface area contributed by atoms with Crippen molar-refractivity contribution in [3.8, 4) is 0 Å². The highest BCUT2D eigenvalue weighted by Gasteiger charge is 2.44. The zero-order chi connectivity index (χ0) is 20.9. The second-order valence-electron chi connectivity index (χ2n) is 7.41. The Bertz CT molecular complexity index is 483. The number of thioether (sulfide) groups is 1. The number of ether oxygens (including phenoxy) is 3. The van der Waals surface area contributed by atoms with Gasteiger partial charge in [0.05, 0.1) is 31.0 Å². The summed E-state index contributed by atoms with van der Waals surface area (Å²) in [6, 6.07) is 0. The first-order valence-corrected chi connectivity index (χ1v) is 10.5. The van der Waals surface area contributed by atoms with Gasteiger partial charge in [0.25, 0.3) is 0 Å². The quantitative estimate of drug-likeness (QED) is 0.267. The van der Waals surface area contributed by atoms with Crippen LogP contribution in [0.25, 0.3) is 0 Å². The molecule has 0 saturated carbocycles. The van der Waals surface area contributed by atoms with E-state index in [2.05, 4.69) is 4.74 Å². The second kappa shape index (κ2) is 13.0. The van der Waals surface area contributed by atoms with E-state index in [0.717, 1.165) is 12.8 Å². The lowest BCUT2D eigenvalue weighted by Gasteiger charge is -2.34. The second-order valence-corrected chi connectivity index (χ2v) is 8.52. The molecule has 0 aliphatic carbocycles. The number of unbranched alkanes of at least 4 members (excludes halogenated alkanes) is 1. The molecule has 0 aromatic heterocycles. The lowest BCUT2D eigenvalue weighted by Crippen LogP contribution is -2.41. The van der Waals surface area contributed by atoms with Crippen LogP contribution in [0.15, 0.2) is 0 Å². The molecule has 0 aromatic carbocycles. The molecule has 27 heavy (non-hydrogen) atoms. The van der Waals surface area contributed by atoms with Crippen molar-refractivity contribution in [2.24, 2.45) is 16.6 Å². The molecule has 1 unspecified atom stereocenters. The largest absolute Gasteiger partial charge is 0.469 e. The van der Waals surface area contributed by atoms with Gasteiger partial charge < -0.3 is 19.9 Å². The smallest absolute Gasteiger partial charge is 0.312 e. The lowest BCUT2D eigenvalue weighted by atomic mass is 9.75. The van der Waals surface area contributed by atoms with Crippen LogP contribution >= 0.6 is 11.8 Å². The molecule has 2 N–H and O–H groups in total. The van der Waals surface area contributed by atoms with Crippen molar-refractivity contribution < 1.29 is 28.6 Å². The van der Waals surface area contributed by atoms with E-state index >= 15 is 0 Å². The number of hydrogen-bond acceptors (Lipinski definition) is 8. The van der Waals surface area contributed by atoms with E-state index in [0.29, 0.717) is 18.1 Å². The van der Waals surface area contributed by atoms with Gasteiger partial charge in [0.1, 0.15) is 6.61 Å². The Morgan fingerprint density at radius 1 is 1.04 bits per heavy atom. The summed E-state index contributed by atoms with van der Waals surface area (Å²) in [7, 11) is 1.34. The maximum Gasteiger partial charge on any atom is 0.312 e. The van der Waals surface area contributed by atoms with Gasteiger partial charge in [0, 0.05) is 18.1 Å². The Labute approximate surface area is 167 Å². The first kappa shape index (κ1) is 25.7. The molecule has 0 heterocycles. The highest BCUT2D eigenvalue weighted by atomic mass is 32.2. The van der Waals surface area contributed by atoms with Crippen molar-refractivity contribution in [2.45, 2.75) is 53.4 Å². The normalized spacial score (nSPS) is 13.6. The fourth-order valence-electron chi connectivity index (χ4n) is 2.62. The van der Waals surface area contributed by atoms with Crippen LogP contribution in [0.2, 0.25) is 0 Å². The average Bonchev–Trinajstić information content (AvgIpc) is 2.62. The monoisotopic (exact) mass is 405 g/mol. The van der Waals surface area contributed by atoms with Crippen LogP contribution in [0.5, 0.6) is 0 Å². The zero-order valence-electron chi connectivity index (χ0n) is 17.3. The number of carbonyl (C=O) groups excluding carboxylic acids is 3. The van der Waals surface area contributed by atoms with Crippen LogP contribution in [0.4, 0.5) is 0 Å². The highest BCUT2D eigenvalue weighted by Crippen LogP contribution is 2.38. The van der Waals surface area contributed by atoms with Crippen molar-refractivity contribution in [3.05, 3.63) is 0 Å². The molecule has 158 valence electrons. The van der Waals surface area contributed by atoms with Crippen LogP contribution in [0.3, 0.4) is 0 Å². The Morgan fingerprint density at radius 3 is 2.22 bits per heavy atom. The number of esters is 3. The minimum Gasteiger partial charge on any atom is -0.469 e. The number of rotatable bonds is 14. The van der Waals surface area contributed by atoms with E-state index < -0.39 is 16.8 Å². The van der Waals surface area contributed by atoms with Gasteiger partial charge in [0.15, 0.2) is 0 Å². The summed E-state index contributed by atoms with van der Waals surface area (Å²) < 4.78 is 15.2. The number of methoxy groups -OCH3 is 1. The summed E-state index contributed by atoms with van der Waals surface area (Å²) >= 11 is 1.45. The molecule has 7 nitrogen and oxygen atoms in total. The van der Waals surface area contributed by atoms with E-state index in [-0.39, 0.29) is 37.9 Å². The van der Waals surface area contributed by atoms with E-state index in [4.69, 9.17) is 15.2 Å². The predicted molar refractivity (Wildman–Crippen MR) is 106 cm³/mol. The fraction of sp³-hybridized carbons (Fsp3) is 0.842. The van der Waals surface area contributed by atoms with E-state index in [9.17, 15) is 14.4 Å². The van der Waals surface area contributed by atoms with E-state index in [1.54, 1.807) is 20.8 Å². The van der Waals surface area contributed by atoms with Crippen molar-refractivity contribution in [1.29, 1.82) is 0 Å². The summed E-state index contributed by atoms with van der Waals surface area (Å²) in [5.74, 6) is -0.0802. The molecule has 0 radical (unpaired) electrons. The molecule has 0 aromatic rings. The molecule has 0 amide bonds. The van der Waals surface area contributed by atoms with Crippen molar-refractivity contribution >= 4 is 29.7 Å². The standard InChI is InChI=1S/C19H35NO6S/c1-6-7-10-25-16(22)18(2,3)13-19(4,17(23)26-11-9-20)14-27-12-8-15(21)24-5/h6-14,20H2,1-5H3. The predicted octanol–water partition coefficient (Wildman–Crippen LogP) is 2.55. The lowest BCUT2D eigenvalue weighted by molar-refractivity contribution is -0.161. The molecule has 0 spiro atoms. The summed E-state index contributed by atoms with van der Waals surface area (Å²) in [5, 5.41) is 0. The van der Waals surface area contributed by atoms with Crippen molar-refractivity contribution in [1.82, 2.24) is 0 Å². The highest BCUT2D eigenvalue weighted by molar-refractivity contribution is 7.99. The SMILES string of the molecule is CCCCOC(=O)C(C)(C)CC(C)(CSCCC(=O)OC)C(=O)OCCN. The van der Waals surface area contributed by atoms with Crippen LogP contribution in [0.1, 0.15) is 53.4 Å². The molecule has 0 bridgehead atoms. The number of nitrogens with two attached hydrogens (primary N) is 1. The topological polar surface area (TPSA) is 105 Å². The minimum absolute atomic E-state index is 0.128. The van der Waals surface area contributed by atoms with Gasteiger partial charge in [-0.15, -0.1) is 0 Å². The molecular formula is C19H35NO6S. The van der Waals surface area contributed by atoms with Crippen LogP contribution in [-0.4, -0.2) is 56.3 Å². The minimum atomic E-state index is -0.900. The van der Waals surface area contributed by atoms with Crippen LogP contribution in [-0.2, 0) is 28.6 Å². The van der Waals surface area contributed by atoms with Gasteiger partial charge in [-0.1, -0.05) is 13.3 Å². The summed E-state index contributed by atoms with van der Waals surface area (Å²) in [6.07, 6.45) is 2.28. The van der Waals surface area contributed by atoms with Gasteiger partial charge in [0.2, 0.25) is 0 Å². The van der Waals surface area contributed by atoms with E-state index in [1.165, 1.54) is 18.9 Å². The Balaban J connectivity index is 5.02. The third-order valence-electron chi connectivity index (χ3n) is 4.06. The van der Waals surface area contributed by atoms with Crippen LogP contribution < -0.4 is 5.73 Å². The van der Waals surface area contributed by atoms with Gasteiger partial charge in [-0.05, 0) is 33.6 Å². The van der Waals surface area contributed by atoms with Crippen molar-refractivity contribution in [2.75, 3.05) is 38.4 Å². The maximum absolute atomic E-state index is 12.6. The van der Waals surface area contributed by atoms with E-state index in [1.807, 2.05) is 6.92 Å². The first-order chi connectivity index (χ1) is 12.6. The summed E-state index contributed by atoms with van der Waals surface area (Å²) in [6.45, 7) is 8.08. The van der Waals surface area contributed by atoms with Gasteiger partial charge in [-0.3, -0.25) is 14.4 Å². The summed E-state index contributed by atoms with van der Waals surface area (Å²) in [4.78, 5) is 36.3. The van der Waals surface area contributed by atoms with Crippen LogP contribution in [0, 0.1) is 10.8 Å². The Morgan fingerprint density at radius 2 is 1.67 bits per heavy atom. The van der Waals surface area contributed by atoms with Crippen molar-refractivity contribution in [3.63, 3.8) is 0 Å². The molecule has 8 heteroatoms. The summed E-state index contributed by atoms with van der Waals surface area (Å²) in [5.41, 5.74) is 3.69. The molecule has 1 atom stereocenters. The molecular weight excluding hydrogens is 370 g/mol. The Hall–Kier alpha value is -1.28. The molecule has 0 aliphatic rings. The molecule has 0 fully saturated rings. The fourth-order valence-corrected chi connectivity index (χ4v) is 3.74. The first-order valence-electron chi connectivity index (χ1n) is 9.32. The number of carbonyl (C=O) groups is 3. The van der Waals surface area contributed by atoms with Gasteiger partial charge in [-0.25, -0.2) is 0 Å². The van der Waals surface area contributed by atoms with Gasteiger partial charge >= 0.3 is 17.9 Å². The average molecular weight is 406 g/mol. The molecule has 0 rings (SSSR count). The number of hydrogen-bond donors (Lipinski definition) is 1. The van der Waals surface area contributed by atoms with Gasteiger partial charge in [-0.2, -0.15) is 11.8 Å². The molecule has 0 aliphatic heterocycles. The Kier molecular flexibility index (Phi) is 12.4. The molecule has 0 saturated heterocycles. The zero-order valence-corrected chi connectivity index (χ0v) is 18.1.